The maximum absolute atomic E-state index is 11.3. The first-order valence-corrected chi connectivity index (χ1v) is 6.24. The normalized spacial score (nSPS) is 13.5. The molecule has 0 fully saturated rings. The van der Waals surface area contributed by atoms with E-state index in [1.807, 2.05) is 13.8 Å². The van der Waals surface area contributed by atoms with E-state index < -0.39 is 16.1 Å². The molecule has 1 atom stereocenters. The van der Waals surface area contributed by atoms with Crippen molar-refractivity contribution in [2.75, 3.05) is 19.0 Å². The molecule has 14 heavy (non-hydrogen) atoms. The van der Waals surface area contributed by atoms with Crippen LogP contribution in [-0.4, -0.2) is 33.4 Å². The average Bonchev–Trinajstić information content (AvgIpc) is 2.14. The largest absolute Gasteiger partial charge is 0.381 e. The Hall–Kier alpha value is -0.570. The van der Waals surface area contributed by atoms with Gasteiger partial charge in [-0.25, -0.2) is 13.1 Å². The summed E-state index contributed by atoms with van der Waals surface area (Å²) >= 11 is 0. The molecule has 0 radical (unpaired) electrons. The highest BCUT2D eigenvalue weighted by molar-refractivity contribution is 7.89. The van der Waals surface area contributed by atoms with Gasteiger partial charge in [0.15, 0.2) is 0 Å². The second-order valence-electron chi connectivity index (χ2n) is 2.76. The predicted molar refractivity (Wildman–Crippen MR) is 56.3 cm³/mol. The number of hydrogen-bond acceptors (Lipinski definition) is 3. The van der Waals surface area contributed by atoms with Gasteiger partial charge >= 0.3 is 0 Å². The summed E-state index contributed by atoms with van der Waals surface area (Å²) in [5, 5.41) is 0. The number of terminal acetylenes is 1. The summed E-state index contributed by atoms with van der Waals surface area (Å²) in [4.78, 5) is 0. The summed E-state index contributed by atoms with van der Waals surface area (Å²) in [5.41, 5.74) is 0. The molecule has 0 heterocycles. The molecule has 0 aromatic carbocycles. The van der Waals surface area contributed by atoms with E-state index in [9.17, 15) is 8.42 Å². The van der Waals surface area contributed by atoms with Crippen molar-refractivity contribution in [2.24, 2.45) is 0 Å². The first-order valence-electron chi connectivity index (χ1n) is 4.59. The Morgan fingerprint density at radius 1 is 1.50 bits per heavy atom. The molecular formula is C9H17NO3S. The minimum atomic E-state index is -3.29. The monoisotopic (exact) mass is 219 g/mol. The van der Waals surface area contributed by atoms with Crippen LogP contribution in [0, 0.1) is 12.3 Å². The lowest BCUT2D eigenvalue weighted by atomic mass is 10.3. The maximum Gasteiger partial charge on any atom is 0.214 e. The first kappa shape index (κ1) is 13.4. The molecule has 0 spiro atoms. The summed E-state index contributed by atoms with van der Waals surface area (Å²) in [7, 11) is -3.29. The van der Waals surface area contributed by atoms with Crippen LogP contribution < -0.4 is 4.72 Å². The van der Waals surface area contributed by atoms with Gasteiger partial charge < -0.3 is 4.74 Å². The highest BCUT2D eigenvalue weighted by atomic mass is 32.2. The summed E-state index contributed by atoms with van der Waals surface area (Å²) in [6.45, 7) is 4.36. The van der Waals surface area contributed by atoms with Crippen molar-refractivity contribution in [3.8, 4) is 12.3 Å². The summed E-state index contributed by atoms with van der Waals surface area (Å²) in [5.74, 6) is 2.32. The van der Waals surface area contributed by atoms with E-state index in [0.29, 0.717) is 13.0 Å². The zero-order valence-corrected chi connectivity index (χ0v) is 9.43. The average molecular weight is 219 g/mol. The zero-order chi connectivity index (χ0) is 11.0. The molecule has 0 aromatic heterocycles. The SMILES string of the molecule is C#CC(CC)NS(=O)(=O)CCOCC. The second-order valence-corrected chi connectivity index (χ2v) is 4.63. The second kappa shape index (κ2) is 6.82. The molecule has 0 saturated heterocycles. The Morgan fingerprint density at radius 3 is 2.57 bits per heavy atom. The van der Waals surface area contributed by atoms with Gasteiger partial charge in [-0.15, -0.1) is 6.42 Å². The minimum Gasteiger partial charge on any atom is -0.381 e. The lowest BCUT2D eigenvalue weighted by Crippen LogP contribution is -2.36. The van der Waals surface area contributed by atoms with E-state index in [1.165, 1.54) is 0 Å². The third-order valence-corrected chi connectivity index (χ3v) is 2.98. The van der Waals surface area contributed by atoms with E-state index in [0.717, 1.165) is 0 Å². The topological polar surface area (TPSA) is 55.4 Å². The third kappa shape index (κ3) is 5.97. The number of ether oxygens (including phenoxy) is 1. The van der Waals surface area contributed by atoms with Crippen LogP contribution in [0.2, 0.25) is 0 Å². The van der Waals surface area contributed by atoms with E-state index in [-0.39, 0.29) is 12.4 Å². The molecule has 0 bridgehead atoms. The molecular weight excluding hydrogens is 202 g/mol. The summed E-state index contributed by atoms with van der Waals surface area (Å²) in [6, 6.07) is -0.415. The van der Waals surface area contributed by atoms with Crippen LogP contribution in [0.5, 0.6) is 0 Å². The highest BCUT2D eigenvalue weighted by Gasteiger charge is 2.14. The van der Waals surface area contributed by atoms with Gasteiger partial charge in [-0.1, -0.05) is 12.8 Å². The molecule has 4 nitrogen and oxygen atoms in total. The molecule has 1 N–H and O–H groups in total. The van der Waals surface area contributed by atoms with Crippen LogP contribution in [0.4, 0.5) is 0 Å². The fourth-order valence-electron chi connectivity index (χ4n) is 0.824. The van der Waals surface area contributed by atoms with Gasteiger partial charge in [0, 0.05) is 6.61 Å². The van der Waals surface area contributed by atoms with Crippen molar-refractivity contribution < 1.29 is 13.2 Å². The van der Waals surface area contributed by atoms with Crippen LogP contribution >= 0.6 is 0 Å². The minimum absolute atomic E-state index is 0.0426. The smallest absolute Gasteiger partial charge is 0.214 e. The van der Waals surface area contributed by atoms with Gasteiger partial charge in [0.05, 0.1) is 18.4 Å². The fourth-order valence-corrected chi connectivity index (χ4v) is 1.95. The number of sulfonamides is 1. The van der Waals surface area contributed by atoms with Crippen molar-refractivity contribution in [3.05, 3.63) is 0 Å². The zero-order valence-electron chi connectivity index (χ0n) is 8.62. The van der Waals surface area contributed by atoms with Crippen molar-refractivity contribution in [3.63, 3.8) is 0 Å². The Bertz CT molecular complexity index is 279. The number of rotatable bonds is 7. The van der Waals surface area contributed by atoms with E-state index in [4.69, 9.17) is 11.2 Å². The van der Waals surface area contributed by atoms with Gasteiger partial charge in [0.25, 0.3) is 0 Å². The lowest BCUT2D eigenvalue weighted by Gasteiger charge is -2.10. The molecule has 0 aliphatic heterocycles. The predicted octanol–water partition coefficient (Wildman–Crippen LogP) is 0.354. The molecule has 0 amide bonds. The van der Waals surface area contributed by atoms with E-state index in [1.54, 1.807) is 0 Å². The van der Waals surface area contributed by atoms with Crippen molar-refractivity contribution >= 4 is 10.0 Å². The molecule has 82 valence electrons. The molecule has 0 aliphatic carbocycles. The first-order chi connectivity index (χ1) is 6.55. The summed E-state index contributed by atoms with van der Waals surface area (Å²) in [6.07, 6.45) is 5.72. The van der Waals surface area contributed by atoms with Gasteiger partial charge in [-0.05, 0) is 13.3 Å². The van der Waals surface area contributed by atoms with Crippen LogP contribution in [0.1, 0.15) is 20.3 Å². The van der Waals surface area contributed by atoms with E-state index in [2.05, 4.69) is 10.6 Å². The quantitative estimate of drug-likeness (QED) is 0.496. The van der Waals surface area contributed by atoms with Gasteiger partial charge in [0.2, 0.25) is 10.0 Å². The molecule has 0 aliphatic rings. The highest BCUT2D eigenvalue weighted by Crippen LogP contribution is 1.93. The number of hydrogen-bond donors (Lipinski definition) is 1. The van der Waals surface area contributed by atoms with Gasteiger partial charge in [-0.2, -0.15) is 0 Å². The fraction of sp³-hybridized carbons (Fsp3) is 0.778. The van der Waals surface area contributed by atoms with Crippen molar-refractivity contribution in [1.82, 2.24) is 4.72 Å². The Labute approximate surface area is 86.1 Å². The van der Waals surface area contributed by atoms with Crippen LogP contribution in [-0.2, 0) is 14.8 Å². The molecule has 0 rings (SSSR count). The third-order valence-electron chi connectivity index (χ3n) is 1.63. The molecule has 1 unspecified atom stereocenters. The molecule has 0 aromatic rings. The maximum atomic E-state index is 11.3. The Balaban J connectivity index is 4.02. The van der Waals surface area contributed by atoms with Gasteiger partial charge in [0.1, 0.15) is 0 Å². The lowest BCUT2D eigenvalue weighted by molar-refractivity contribution is 0.163. The number of nitrogens with one attached hydrogen (secondary N) is 1. The van der Waals surface area contributed by atoms with Crippen LogP contribution in [0.3, 0.4) is 0 Å². The van der Waals surface area contributed by atoms with Crippen LogP contribution in [0.25, 0.3) is 0 Å². The Morgan fingerprint density at radius 2 is 2.14 bits per heavy atom. The molecule has 5 heteroatoms. The summed E-state index contributed by atoms with van der Waals surface area (Å²) < 4.78 is 30.0. The molecule has 0 saturated carbocycles. The van der Waals surface area contributed by atoms with Crippen LogP contribution in [0.15, 0.2) is 0 Å². The van der Waals surface area contributed by atoms with Crippen molar-refractivity contribution in [1.29, 1.82) is 0 Å². The standard InChI is InChI=1S/C9H17NO3S/c1-4-9(5-2)10-14(11,12)8-7-13-6-3/h1,9-10H,5-8H2,2-3H3. The van der Waals surface area contributed by atoms with Gasteiger partial charge in [-0.3, -0.25) is 0 Å². The Kier molecular flexibility index (Phi) is 6.54. The van der Waals surface area contributed by atoms with E-state index >= 15 is 0 Å². The van der Waals surface area contributed by atoms with Crippen molar-refractivity contribution in [2.45, 2.75) is 26.3 Å².